The maximum absolute atomic E-state index is 11.9. The molecule has 1 saturated heterocycles. The number of hydrogen-bond donors (Lipinski definition) is 1. The van der Waals surface area contributed by atoms with Gasteiger partial charge in [0, 0.05) is 7.11 Å². The Bertz CT molecular complexity index is 598. The third-order valence-corrected chi connectivity index (χ3v) is 4.22. The standard InChI is InChI=1S/C17H22N2O2S/c1-17(2,3)13-7-5-12(6-8-13)11-14-15(20)19-16(22-14)18-9-10-21-4/h5-8,11H,9-10H2,1-4H3,(H,18,19,20). The largest absolute Gasteiger partial charge is 0.383 e. The van der Waals surface area contributed by atoms with E-state index in [0.717, 1.165) is 5.56 Å². The summed E-state index contributed by atoms with van der Waals surface area (Å²) < 4.78 is 4.95. The number of aliphatic imine (C=N–C) groups is 1. The fourth-order valence-electron chi connectivity index (χ4n) is 1.97. The minimum Gasteiger partial charge on any atom is -0.383 e. The summed E-state index contributed by atoms with van der Waals surface area (Å²) in [6.45, 7) is 7.65. The average molecular weight is 318 g/mol. The molecule has 0 unspecified atom stereocenters. The van der Waals surface area contributed by atoms with Crippen LogP contribution in [0.15, 0.2) is 34.2 Å². The summed E-state index contributed by atoms with van der Waals surface area (Å²) in [5, 5.41) is 3.41. The second kappa shape index (κ2) is 7.11. The highest BCUT2D eigenvalue weighted by Crippen LogP contribution is 2.27. The van der Waals surface area contributed by atoms with Crippen LogP contribution in [0.2, 0.25) is 0 Å². The molecule has 1 aliphatic heterocycles. The van der Waals surface area contributed by atoms with Crippen LogP contribution in [0, 0.1) is 0 Å². The molecule has 0 aromatic heterocycles. The van der Waals surface area contributed by atoms with E-state index in [1.165, 1.54) is 17.3 Å². The van der Waals surface area contributed by atoms with Crippen molar-refractivity contribution >= 4 is 28.9 Å². The minimum absolute atomic E-state index is 0.0962. The molecule has 4 nitrogen and oxygen atoms in total. The number of hydrogen-bond acceptors (Lipinski definition) is 4. The molecule has 1 N–H and O–H groups in total. The molecule has 1 aliphatic rings. The number of rotatable bonds is 4. The number of nitrogens with one attached hydrogen (secondary N) is 1. The maximum Gasteiger partial charge on any atom is 0.264 e. The van der Waals surface area contributed by atoms with Gasteiger partial charge in [0.2, 0.25) is 0 Å². The molecular weight excluding hydrogens is 296 g/mol. The zero-order valence-electron chi connectivity index (χ0n) is 13.5. The quantitative estimate of drug-likeness (QED) is 0.685. The van der Waals surface area contributed by atoms with E-state index in [1.807, 2.05) is 18.2 Å². The van der Waals surface area contributed by atoms with Gasteiger partial charge < -0.3 is 10.1 Å². The Morgan fingerprint density at radius 3 is 2.55 bits per heavy atom. The first-order valence-corrected chi connectivity index (χ1v) is 8.06. The highest BCUT2D eigenvalue weighted by molar-refractivity contribution is 8.18. The Labute approximate surface area is 136 Å². The van der Waals surface area contributed by atoms with Gasteiger partial charge in [0.25, 0.3) is 5.91 Å². The molecule has 0 atom stereocenters. The van der Waals surface area contributed by atoms with Gasteiger partial charge in [-0.05, 0) is 34.4 Å². The summed E-state index contributed by atoms with van der Waals surface area (Å²) in [5.41, 5.74) is 2.43. The molecule has 1 aromatic carbocycles. The minimum atomic E-state index is -0.0962. The lowest BCUT2D eigenvalue weighted by Crippen LogP contribution is -2.20. The average Bonchev–Trinajstić information content (AvgIpc) is 2.79. The molecule has 5 heteroatoms. The molecule has 0 aliphatic carbocycles. The van der Waals surface area contributed by atoms with Crippen LogP contribution in [0.25, 0.3) is 6.08 Å². The van der Waals surface area contributed by atoms with Crippen molar-refractivity contribution in [2.75, 3.05) is 20.3 Å². The predicted molar refractivity (Wildman–Crippen MR) is 93.0 cm³/mol. The van der Waals surface area contributed by atoms with Crippen molar-refractivity contribution in [1.29, 1.82) is 0 Å². The third kappa shape index (κ3) is 4.45. The number of methoxy groups -OCH3 is 1. The van der Waals surface area contributed by atoms with Gasteiger partial charge in [-0.15, -0.1) is 0 Å². The van der Waals surface area contributed by atoms with Crippen molar-refractivity contribution < 1.29 is 9.53 Å². The first-order valence-electron chi connectivity index (χ1n) is 7.25. The van der Waals surface area contributed by atoms with Gasteiger partial charge in [-0.3, -0.25) is 9.79 Å². The molecule has 0 radical (unpaired) electrons. The molecule has 0 bridgehead atoms. The van der Waals surface area contributed by atoms with E-state index in [1.54, 1.807) is 7.11 Å². The molecule has 1 aromatic rings. The SMILES string of the molecule is COCCN=C1NC(=O)C(=Cc2ccc(C(C)(C)C)cc2)S1. The zero-order valence-corrected chi connectivity index (χ0v) is 14.3. The van der Waals surface area contributed by atoms with E-state index in [9.17, 15) is 4.79 Å². The van der Waals surface area contributed by atoms with Gasteiger partial charge in [-0.1, -0.05) is 45.0 Å². The lowest BCUT2D eigenvalue weighted by atomic mass is 9.87. The molecule has 22 heavy (non-hydrogen) atoms. The summed E-state index contributed by atoms with van der Waals surface area (Å²) in [7, 11) is 1.63. The van der Waals surface area contributed by atoms with E-state index < -0.39 is 0 Å². The van der Waals surface area contributed by atoms with Gasteiger partial charge in [-0.25, -0.2) is 0 Å². The molecule has 1 heterocycles. The van der Waals surface area contributed by atoms with Crippen molar-refractivity contribution in [3.8, 4) is 0 Å². The summed E-state index contributed by atoms with van der Waals surface area (Å²) in [6, 6.07) is 8.30. The van der Waals surface area contributed by atoms with Crippen LogP contribution in [0.3, 0.4) is 0 Å². The van der Waals surface area contributed by atoms with E-state index in [4.69, 9.17) is 4.74 Å². The predicted octanol–water partition coefficient (Wildman–Crippen LogP) is 3.19. The summed E-state index contributed by atoms with van der Waals surface area (Å²) >= 11 is 1.37. The Balaban J connectivity index is 2.09. The van der Waals surface area contributed by atoms with Crippen LogP contribution < -0.4 is 5.32 Å². The molecular formula is C17H22N2O2S. The van der Waals surface area contributed by atoms with Crippen molar-refractivity contribution in [2.45, 2.75) is 26.2 Å². The molecule has 0 spiro atoms. The number of amides is 1. The van der Waals surface area contributed by atoms with Crippen LogP contribution in [0.5, 0.6) is 0 Å². The van der Waals surface area contributed by atoms with E-state index in [2.05, 4.69) is 43.2 Å². The normalized spacial score (nSPS) is 19.0. The highest BCUT2D eigenvalue weighted by Gasteiger charge is 2.23. The fraction of sp³-hybridized carbons (Fsp3) is 0.412. The van der Waals surface area contributed by atoms with Crippen molar-refractivity contribution in [3.05, 3.63) is 40.3 Å². The van der Waals surface area contributed by atoms with Crippen molar-refractivity contribution in [2.24, 2.45) is 4.99 Å². The van der Waals surface area contributed by atoms with E-state index >= 15 is 0 Å². The third-order valence-electron chi connectivity index (χ3n) is 3.28. The molecule has 1 amide bonds. The monoisotopic (exact) mass is 318 g/mol. The Hall–Kier alpha value is -1.59. The number of carbonyl (C=O) groups is 1. The van der Waals surface area contributed by atoms with Crippen molar-refractivity contribution in [3.63, 3.8) is 0 Å². The van der Waals surface area contributed by atoms with Crippen LogP contribution in [-0.2, 0) is 14.9 Å². The first-order chi connectivity index (χ1) is 10.4. The Kier molecular flexibility index (Phi) is 5.42. The summed E-state index contributed by atoms with van der Waals surface area (Å²) in [6.07, 6.45) is 1.89. The Morgan fingerprint density at radius 2 is 1.95 bits per heavy atom. The molecule has 2 rings (SSSR count). The summed E-state index contributed by atoms with van der Waals surface area (Å²) in [4.78, 5) is 16.9. The Morgan fingerprint density at radius 1 is 1.27 bits per heavy atom. The second-order valence-corrected chi connectivity index (χ2v) is 7.15. The number of carbonyl (C=O) groups excluding carboxylic acids is 1. The second-order valence-electron chi connectivity index (χ2n) is 6.12. The van der Waals surface area contributed by atoms with Gasteiger partial charge in [-0.2, -0.15) is 0 Å². The van der Waals surface area contributed by atoms with Gasteiger partial charge in [0.15, 0.2) is 5.17 Å². The number of nitrogens with zero attached hydrogens (tertiary/aromatic N) is 1. The molecule has 1 fully saturated rings. The van der Waals surface area contributed by atoms with E-state index in [-0.39, 0.29) is 11.3 Å². The zero-order chi connectivity index (χ0) is 16.2. The number of ether oxygens (including phenoxy) is 1. The van der Waals surface area contributed by atoms with Gasteiger partial charge >= 0.3 is 0 Å². The maximum atomic E-state index is 11.9. The number of benzene rings is 1. The van der Waals surface area contributed by atoms with Gasteiger partial charge in [0.1, 0.15) is 0 Å². The fourth-order valence-corrected chi connectivity index (χ4v) is 2.82. The topological polar surface area (TPSA) is 50.7 Å². The van der Waals surface area contributed by atoms with E-state index in [0.29, 0.717) is 23.2 Å². The van der Waals surface area contributed by atoms with Crippen LogP contribution in [0.4, 0.5) is 0 Å². The van der Waals surface area contributed by atoms with Gasteiger partial charge in [0.05, 0.1) is 18.1 Å². The summed E-state index contributed by atoms with van der Waals surface area (Å²) in [5.74, 6) is -0.0962. The molecule has 118 valence electrons. The van der Waals surface area contributed by atoms with Crippen LogP contribution >= 0.6 is 11.8 Å². The lowest BCUT2D eigenvalue weighted by molar-refractivity contribution is -0.115. The lowest BCUT2D eigenvalue weighted by Gasteiger charge is -2.18. The molecule has 0 saturated carbocycles. The smallest absolute Gasteiger partial charge is 0.264 e. The highest BCUT2D eigenvalue weighted by atomic mass is 32.2. The van der Waals surface area contributed by atoms with Crippen molar-refractivity contribution in [1.82, 2.24) is 5.32 Å². The van der Waals surface area contributed by atoms with Crippen LogP contribution in [-0.4, -0.2) is 31.3 Å². The number of thioether (sulfide) groups is 1. The first kappa shape index (κ1) is 16.8. The van der Waals surface area contributed by atoms with Crippen LogP contribution in [0.1, 0.15) is 31.9 Å². The number of amidine groups is 1.